The van der Waals surface area contributed by atoms with Crippen LogP contribution in [-0.4, -0.2) is 77.8 Å². The van der Waals surface area contributed by atoms with Crippen molar-refractivity contribution in [3.63, 3.8) is 0 Å². The van der Waals surface area contributed by atoms with Gasteiger partial charge in [-0.25, -0.2) is 14.4 Å². The van der Waals surface area contributed by atoms with E-state index in [4.69, 9.17) is 14.2 Å². The molecule has 0 saturated carbocycles. The number of rotatable bonds is 15. The predicted molar refractivity (Wildman–Crippen MR) is 170 cm³/mol. The predicted octanol–water partition coefficient (Wildman–Crippen LogP) is 2.83. The van der Waals surface area contributed by atoms with Crippen LogP contribution in [0.4, 0.5) is 9.59 Å². The molecule has 0 saturated heterocycles. The zero-order valence-electron chi connectivity index (χ0n) is 28.4. The number of unbranched alkanes of at least 4 members (excludes halogenated alkanes) is 1. The number of ether oxygens (including phenoxy) is 3. The van der Waals surface area contributed by atoms with Crippen LogP contribution in [0.3, 0.4) is 0 Å². The van der Waals surface area contributed by atoms with Gasteiger partial charge in [-0.3, -0.25) is 14.4 Å². The zero-order chi connectivity index (χ0) is 35.1. The van der Waals surface area contributed by atoms with Crippen LogP contribution >= 0.6 is 0 Å². The first-order valence-corrected chi connectivity index (χ1v) is 15.4. The van der Waals surface area contributed by atoms with Gasteiger partial charge in [-0.05, 0) is 87.1 Å². The maximum Gasteiger partial charge on any atom is 0.408 e. The lowest BCUT2D eigenvalue weighted by Gasteiger charge is -2.24. The number of carbonyl (C=O) groups is 6. The molecule has 0 aliphatic heterocycles. The third-order valence-electron chi connectivity index (χ3n) is 6.03. The molecule has 4 atom stereocenters. The lowest BCUT2D eigenvalue weighted by molar-refractivity contribution is -0.158. The van der Waals surface area contributed by atoms with Gasteiger partial charge >= 0.3 is 18.2 Å². The Hall–Kier alpha value is -4.36. The highest BCUT2D eigenvalue weighted by molar-refractivity contribution is 5.94. The molecule has 1 aromatic rings. The number of amides is 5. The standard InChI is InChI=1S/C32H51N5O9/c1-20(26(39)36-22(3)28(41)45-31(4,5)6)34-25(38)21(2)35-27(40)24(17-13-14-18-33-29(42)46-32(7,8)9)37-30(43)44-19-23-15-11-10-12-16-23/h10-12,15-16,20-22,24H,13-14,17-19H2,1-9H3,(H,33,42)(H,34,38)(H,35,40)(H,36,39)(H,37,43)/t20-,21-,22-,24-/m0/s1. The van der Waals surface area contributed by atoms with Crippen molar-refractivity contribution in [2.45, 2.75) is 124 Å². The molecule has 0 aromatic heterocycles. The van der Waals surface area contributed by atoms with E-state index in [1.165, 1.54) is 20.8 Å². The van der Waals surface area contributed by atoms with Crippen LogP contribution in [0.1, 0.15) is 87.1 Å². The molecule has 0 heterocycles. The summed E-state index contributed by atoms with van der Waals surface area (Å²) in [5.41, 5.74) is -0.609. The molecule has 0 aliphatic rings. The Morgan fingerprint density at radius 3 is 1.72 bits per heavy atom. The van der Waals surface area contributed by atoms with Crippen molar-refractivity contribution in [2.75, 3.05) is 6.54 Å². The lowest BCUT2D eigenvalue weighted by Crippen LogP contribution is -2.56. The fourth-order valence-corrected chi connectivity index (χ4v) is 3.72. The van der Waals surface area contributed by atoms with Gasteiger partial charge in [-0.15, -0.1) is 0 Å². The smallest absolute Gasteiger partial charge is 0.408 e. The molecule has 1 aromatic carbocycles. The van der Waals surface area contributed by atoms with Crippen LogP contribution in [0.5, 0.6) is 0 Å². The van der Waals surface area contributed by atoms with Crippen molar-refractivity contribution in [1.82, 2.24) is 26.6 Å². The van der Waals surface area contributed by atoms with E-state index in [0.717, 1.165) is 5.56 Å². The molecule has 46 heavy (non-hydrogen) atoms. The molecular formula is C32H51N5O9. The van der Waals surface area contributed by atoms with E-state index in [1.807, 2.05) is 6.07 Å². The Morgan fingerprint density at radius 2 is 1.17 bits per heavy atom. The third-order valence-corrected chi connectivity index (χ3v) is 6.03. The minimum Gasteiger partial charge on any atom is -0.458 e. The molecule has 0 spiro atoms. The Bertz CT molecular complexity index is 1180. The summed E-state index contributed by atoms with van der Waals surface area (Å²) in [6.45, 7) is 15.0. The van der Waals surface area contributed by atoms with E-state index in [0.29, 0.717) is 12.8 Å². The van der Waals surface area contributed by atoms with Gasteiger partial charge in [-0.2, -0.15) is 0 Å². The number of hydrogen-bond acceptors (Lipinski definition) is 9. The van der Waals surface area contributed by atoms with Gasteiger partial charge < -0.3 is 40.8 Å². The molecular weight excluding hydrogens is 598 g/mol. The van der Waals surface area contributed by atoms with Crippen LogP contribution < -0.4 is 26.6 Å². The molecule has 258 valence electrons. The fourth-order valence-electron chi connectivity index (χ4n) is 3.72. The van der Waals surface area contributed by atoms with Crippen LogP contribution in [0.15, 0.2) is 30.3 Å². The molecule has 0 aliphatic carbocycles. The molecule has 0 radical (unpaired) electrons. The highest BCUT2D eigenvalue weighted by Gasteiger charge is 2.28. The van der Waals surface area contributed by atoms with E-state index in [-0.39, 0.29) is 19.6 Å². The van der Waals surface area contributed by atoms with Gasteiger partial charge in [0.2, 0.25) is 17.7 Å². The maximum atomic E-state index is 13.2. The normalized spacial score (nSPS) is 13.9. The van der Waals surface area contributed by atoms with Crippen molar-refractivity contribution in [3.8, 4) is 0 Å². The second-order valence-corrected chi connectivity index (χ2v) is 12.9. The molecule has 14 nitrogen and oxygen atoms in total. The van der Waals surface area contributed by atoms with Crippen molar-refractivity contribution < 1.29 is 43.0 Å². The Balaban J connectivity index is 2.74. The summed E-state index contributed by atoms with van der Waals surface area (Å²) in [6, 6.07) is 4.89. The minimum absolute atomic E-state index is 0.00781. The van der Waals surface area contributed by atoms with Crippen LogP contribution in [0.2, 0.25) is 0 Å². The van der Waals surface area contributed by atoms with Gasteiger partial charge in [0.25, 0.3) is 0 Å². The molecule has 0 fully saturated rings. The Morgan fingerprint density at radius 1 is 0.652 bits per heavy atom. The van der Waals surface area contributed by atoms with Crippen molar-refractivity contribution in [2.24, 2.45) is 0 Å². The van der Waals surface area contributed by atoms with Crippen LogP contribution in [0, 0.1) is 0 Å². The highest BCUT2D eigenvalue weighted by Crippen LogP contribution is 2.09. The summed E-state index contributed by atoms with van der Waals surface area (Å²) in [7, 11) is 0. The van der Waals surface area contributed by atoms with Gasteiger partial charge in [-0.1, -0.05) is 30.3 Å². The first-order chi connectivity index (χ1) is 21.3. The molecule has 5 amide bonds. The molecule has 14 heteroatoms. The van der Waals surface area contributed by atoms with E-state index in [2.05, 4.69) is 26.6 Å². The van der Waals surface area contributed by atoms with Crippen molar-refractivity contribution in [3.05, 3.63) is 35.9 Å². The Kier molecular flexibility index (Phi) is 16.0. The summed E-state index contributed by atoms with van der Waals surface area (Å²) in [5.74, 6) is -2.55. The lowest BCUT2D eigenvalue weighted by atomic mass is 10.1. The zero-order valence-corrected chi connectivity index (χ0v) is 28.4. The molecule has 1 rings (SSSR count). The first-order valence-electron chi connectivity index (χ1n) is 15.4. The Labute approximate surface area is 271 Å². The van der Waals surface area contributed by atoms with E-state index >= 15 is 0 Å². The average Bonchev–Trinajstić information content (AvgIpc) is 2.93. The number of carbonyl (C=O) groups excluding carboxylic acids is 6. The van der Waals surface area contributed by atoms with E-state index < -0.39 is 71.2 Å². The topological polar surface area (TPSA) is 190 Å². The first kappa shape index (κ1) is 39.7. The quantitative estimate of drug-likeness (QED) is 0.108. The second kappa shape index (κ2) is 18.6. The monoisotopic (exact) mass is 649 g/mol. The van der Waals surface area contributed by atoms with E-state index in [9.17, 15) is 28.8 Å². The summed E-state index contributed by atoms with van der Waals surface area (Å²) >= 11 is 0. The molecule has 5 N–H and O–H groups in total. The summed E-state index contributed by atoms with van der Waals surface area (Å²) < 4.78 is 15.7. The summed E-state index contributed by atoms with van der Waals surface area (Å²) in [4.78, 5) is 75.1. The van der Waals surface area contributed by atoms with Crippen LogP contribution in [0.25, 0.3) is 0 Å². The van der Waals surface area contributed by atoms with Crippen LogP contribution in [-0.2, 0) is 40.0 Å². The minimum atomic E-state index is -1.08. The van der Waals surface area contributed by atoms with Gasteiger partial charge in [0.05, 0.1) is 0 Å². The molecule has 0 unspecified atom stereocenters. The number of hydrogen-bond donors (Lipinski definition) is 5. The van der Waals surface area contributed by atoms with Crippen molar-refractivity contribution >= 4 is 35.9 Å². The van der Waals surface area contributed by atoms with Crippen molar-refractivity contribution in [1.29, 1.82) is 0 Å². The highest BCUT2D eigenvalue weighted by atomic mass is 16.6. The summed E-state index contributed by atoms with van der Waals surface area (Å²) in [5, 5.41) is 12.7. The van der Waals surface area contributed by atoms with Gasteiger partial charge in [0.15, 0.2) is 0 Å². The summed E-state index contributed by atoms with van der Waals surface area (Å²) in [6.07, 6.45) is -0.295. The SMILES string of the molecule is C[C@H](NC(=O)[C@H](C)NC(=O)[C@H](CCCCNC(=O)OC(C)(C)C)NC(=O)OCc1ccccc1)C(=O)N[C@@H](C)C(=O)OC(C)(C)C. The average molecular weight is 650 g/mol. The maximum absolute atomic E-state index is 13.2. The number of benzene rings is 1. The molecule has 0 bridgehead atoms. The number of alkyl carbamates (subject to hydrolysis) is 2. The third kappa shape index (κ3) is 17.2. The fraction of sp³-hybridized carbons (Fsp3) is 0.625. The van der Waals surface area contributed by atoms with Gasteiger partial charge in [0, 0.05) is 6.54 Å². The second-order valence-electron chi connectivity index (χ2n) is 12.9. The van der Waals surface area contributed by atoms with Gasteiger partial charge in [0.1, 0.15) is 42.0 Å². The largest absolute Gasteiger partial charge is 0.458 e. The number of nitrogens with one attached hydrogen (secondary N) is 5. The number of esters is 1. The van der Waals surface area contributed by atoms with E-state index in [1.54, 1.807) is 65.8 Å².